The van der Waals surface area contributed by atoms with Gasteiger partial charge in [-0.1, -0.05) is 18.5 Å². The molecule has 1 heterocycles. The second-order valence-electron chi connectivity index (χ2n) is 4.43. The van der Waals surface area contributed by atoms with Gasteiger partial charge in [-0.2, -0.15) is 0 Å². The number of nitrogens with zero attached hydrogens (tertiary/aromatic N) is 1. The molecule has 108 valence electrons. The smallest absolute Gasteiger partial charge is 0.327 e. The molecule has 0 radical (unpaired) electrons. The quantitative estimate of drug-likeness (QED) is 0.895. The second-order valence-corrected chi connectivity index (χ2v) is 6.05. The van der Waals surface area contributed by atoms with Gasteiger partial charge in [0.05, 0.1) is 10.4 Å². The molecular weight excluding hydrogens is 302 g/mol. The molecule has 1 aliphatic heterocycles. The van der Waals surface area contributed by atoms with Gasteiger partial charge in [-0.15, -0.1) is 11.8 Å². The first-order valence-electron chi connectivity index (χ1n) is 6.11. The topological polar surface area (TPSA) is 77.8 Å². The molecule has 1 fully saturated rings. The summed E-state index contributed by atoms with van der Waals surface area (Å²) >= 11 is 7.25. The van der Waals surface area contributed by atoms with Crippen molar-refractivity contribution >= 4 is 35.2 Å². The third-order valence-electron chi connectivity index (χ3n) is 3.16. The number of carbonyl (C=O) groups is 2. The second kappa shape index (κ2) is 5.93. The van der Waals surface area contributed by atoms with Crippen LogP contribution in [0.1, 0.15) is 23.7 Å². The van der Waals surface area contributed by atoms with Gasteiger partial charge in [0.2, 0.25) is 0 Å². The number of benzene rings is 1. The van der Waals surface area contributed by atoms with Gasteiger partial charge in [0, 0.05) is 11.3 Å². The van der Waals surface area contributed by atoms with E-state index in [4.69, 9.17) is 11.6 Å². The molecule has 0 spiro atoms. The average molecular weight is 316 g/mol. The molecule has 0 saturated carbocycles. The van der Waals surface area contributed by atoms with Crippen molar-refractivity contribution in [1.29, 1.82) is 0 Å². The number of aliphatic carboxylic acids is 1. The molecule has 1 saturated heterocycles. The number of hydrogen-bond donors (Lipinski definition) is 2. The maximum absolute atomic E-state index is 12.5. The maximum Gasteiger partial charge on any atom is 0.327 e. The summed E-state index contributed by atoms with van der Waals surface area (Å²) in [4.78, 5) is 25.1. The van der Waals surface area contributed by atoms with Crippen LogP contribution in [0, 0.1) is 0 Å². The Morgan fingerprint density at radius 2 is 2.20 bits per heavy atom. The van der Waals surface area contributed by atoms with Crippen LogP contribution in [0.4, 0.5) is 0 Å². The molecule has 2 rings (SSSR count). The van der Waals surface area contributed by atoms with Gasteiger partial charge in [-0.25, -0.2) is 4.79 Å². The Kier molecular flexibility index (Phi) is 4.45. The van der Waals surface area contributed by atoms with Crippen molar-refractivity contribution in [2.24, 2.45) is 0 Å². The van der Waals surface area contributed by atoms with Crippen LogP contribution in [0.25, 0.3) is 0 Å². The molecule has 1 amide bonds. The Balaban J connectivity index is 2.33. The molecule has 2 N–H and O–H groups in total. The van der Waals surface area contributed by atoms with Gasteiger partial charge in [-0.3, -0.25) is 4.79 Å². The highest BCUT2D eigenvalue weighted by Gasteiger charge is 2.41. The van der Waals surface area contributed by atoms with Crippen LogP contribution < -0.4 is 0 Å². The highest BCUT2D eigenvalue weighted by Crippen LogP contribution is 2.33. The highest BCUT2D eigenvalue weighted by atomic mass is 35.5. The van der Waals surface area contributed by atoms with E-state index < -0.39 is 12.0 Å². The van der Waals surface area contributed by atoms with E-state index >= 15 is 0 Å². The lowest BCUT2D eigenvalue weighted by atomic mass is 10.1. The highest BCUT2D eigenvalue weighted by molar-refractivity contribution is 8.00. The van der Waals surface area contributed by atoms with Crippen LogP contribution in [0.2, 0.25) is 5.02 Å². The maximum atomic E-state index is 12.5. The van der Waals surface area contributed by atoms with Crippen LogP contribution in [-0.2, 0) is 4.79 Å². The largest absolute Gasteiger partial charge is 0.506 e. The van der Waals surface area contributed by atoms with Crippen molar-refractivity contribution in [2.75, 3.05) is 5.75 Å². The van der Waals surface area contributed by atoms with E-state index in [2.05, 4.69) is 0 Å². The monoisotopic (exact) mass is 315 g/mol. The third kappa shape index (κ3) is 2.71. The zero-order chi connectivity index (χ0) is 14.9. The Hall–Kier alpha value is -1.40. The van der Waals surface area contributed by atoms with E-state index in [9.17, 15) is 19.8 Å². The van der Waals surface area contributed by atoms with E-state index in [0.717, 1.165) is 0 Å². The Morgan fingerprint density at radius 1 is 1.50 bits per heavy atom. The van der Waals surface area contributed by atoms with Crippen molar-refractivity contribution in [3.63, 3.8) is 0 Å². The standard InChI is InChI=1S/C13H14ClNO4S/c1-2-11-15(9(6-20-11)13(18)19)12(17)7-3-4-10(16)8(14)5-7/h3-5,9,11,16H,2,6H2,1H3,(H,18,19). The number of carbonyl (C=O) groups excluding carboxylic acids is 1. The Labute approximate surface area is 125 Å². The van der Waals surface area contributed by atoms with Crippen LogP contribution in [0.5, 0.6) is 5.75 Å². The van der Waals surface area contributed by atoms with E-state index in [1.165, 1.54) is 34.9 Å². The lowest BCUT2D eigenvalue weighted by Crippen LogP contribution is -2.45. The average Bonchev–Trinajstić information content (AvgIpc) is 2.85. The molecule has 2 atom stereocenters. The van der Waals surface area contributed by atoms with Crippen LogP contribution >= 0.6 is 23.4 Å². The zero-order valence-corrected chi connectivity index (χ0v) is 12.3. The van der Waals surface area contributed by atoms with E-state index in [1.807, 2.05) is 6.92 Å². The number of thioether (sulfide) groups is 1. The number of rotatable bonds is 3. The summed E-state index contributed by atoms with van der Waals surface area (Å²) in [6.45, 7) is 1.91. The summed E-state index contributed by atoms with van der Waals surface area (Å²) in [7, 11) is 0. The predicted molar refractivity (Wildman–Crippen MR) is 77.2 cm³/mol. The summed E-state index contributed by atoms with van der Waals surface area (Å²) in [5.74, 6) is -1.12. The van der Waals surface area contributed by atoms with Crippen molar-refractivity contribution in [2.45, 2.75) is 24.8 Å². The van der Waals surface area contributed by atoms with Crippen molar-refractivity contribution < 1.29 is 19.8 Å². The molecule has 1 aromatic carbocycles. The molecule has 20 heavy (non-hydrogen) atoms. The fourth-order valence-corrected chi connectivity index (χ4v) is 3.66. The Bertz CT molecular complexity index is 551. The number of aromatic hydroxyl groups is 1. The first-order chi connectivity index (χ1) is 9.45. The van der Waals surface area contributed by atoms with Gasteiger partial charge < -0.3 is 15.1 Å². The molecule has 1 aromatic rings. The fraction of sp³-hybridized carbons (Fsp3) is 0.385. The van der Waals surface area contributed by atoms with Gasteiger partial charge in [0.25, 0.3) is 5.91 Å². The summed E-state index contributed by atoms with van der Waals surface area (Å²) in [6.07, 6.45) is 0.673. The van der Waals surface area contributed by atoms with Crippen molar-refractivity contribution in [3.05, 3.63) is 28.8 Å². The molecule has 7 heteroatoms. The van der Waals surface area contributed by atoms with Crippen LogP contribution in [0.3, 0.4) is 0 Å². The Morgan fingerprint density at radius 3 is 2.75 bits per heavy atom. The number of phenolic OH excluding ortho intramolecular Hbond substituents is 1. The number of carboxylic acid groups (broad SMARTS) is 1. The number of halogens is 1. The van der Waals surface area contributed by atoms with Crippen molar-refractivity contribution in [3.8, 4) is 5.75 Å². The molecule has 2 unspecified atom stereocenters. The van der Waals surface area contributed by atoms with E-state index in [-0.39, 0.29) is 27.6 Å². The molecular formula is C13H14ClNO4S. The summed E-state index contributed by atoms with van der Waals surface area (Å²) in [6, 6.07) is 3.30. The van der Waals surface area contributed by atoms with E-state index in [0.29, 0.717) is 12.2 Å². The third-order valence-corrected chi connectivity index (χ3v) is 4.91. The number of amides is 1. The zero-order valence-electron chi connectivity index (χ0n) is 10.7. The lowest BCUT2D eigenvalue weighted by Gasteiger charge is -2.26. The predicted octanol–water partition coefficient (Wildman–Crippen LogP) is 2.42. The number of hydrogen-bond acceptors (Lipinski definition) is 4. The van der Waals surface area contributed by atoms with Gasteiger partial charge in [0.15, 0.2) is 0 Å². The number of phenols is 1. The summed E-state index contributed by atoms with van der Waals surface area (Å²) in [5, 5.41) is 18.5. The van der Waals surface area contributed by atoms with Gasteiger partial charge in [0.1, 0.15) is 11.8 Å². The first-order valence-corrected chi connectivity index (χ1v) is 7.54. The molecule has 0 aliphatic carbocycles. The van der Waals surface area contributed by atoms with Crippen LogP contribution in [0.15, 0.2) is 18.2 Å². The lowest BCUT2D eigenvalue weighted by molar-refractivity contribution is -0.141. The van der Waals surface area contributed by atoms with Crippen molar-refractivity contribution in [1.82, 2.24) is 4.90 Å². The van der Waals surface area contributed by atoms with Gasteiger partial charge >= 0.3 is 5.97 Å². The minimum atomic E-state index is -1.01. The molecule has 0 bridgehead atoms. The fourth-order valence-electron chi connectivity index (χ4n) is 2.13. The minimum absolute atomic E-state index is 0.0719. The van der Waals surface area contributed by atoms with Gasteiger partial charge in [-0.05, 0) is 24.6 Å². The summed E-state index contributed by atoms with van der Waals surface area (Å²) < 4.78 is 0. The molecule has 0 aromatic heterocycles. The van der Waals surface area contributed by atoms with Crippen LogP contribution in [-0.4, -0.2) is 44.2 Å². The van der Waals surface area contributed by atoms with E-state index in [1.54, 1.807) is 0 Å². The first kappa shape index (κ1) is 15.0. The summed E-state index contributed by atoms with van der Waals surface area (Å²) in [5.41, 5.74) is 0.278. The normalized spacial score (nSPS) is 22.0. The minimum Gasteiger partial charge on any atom is -0.506 e. The molecule has 1 aliphatic rings. The number of carboxylic acids is 1. The molecule has 5 nitrogen and oxygen atoms in total. The SMILES string of the molecule is CCC1SCC(C(=O)O)N1C(=O)c1ccc(O)c(Cl)c1.